The number of benzene rings is 1. The Bertz CT molecular complexity index is 1060. The van der Waals surface area contributed by atoms with Gasteiger partial charge in [0.25, 0.3) is 11.8 Å². The van der Waals surface area contributed by atoms with Crippen LogP contribution in [0.2, 0.25) is 5.02 Å². The van der Waals surface area contributed by atoms with Crippen LogP contribution in [0, 0.1) is 0 Å². The van der Waals surface area contributed by atoms with Gasteiger partial charge in [0.1, 0.15) is 11.5 Å². The lowest BCUT2D eigenvalue weighted by molar-refractivity contribution is -0.0494. The number of piperidine rings is 1. The van der Waals surface area contributed by atoms with E-state index in [4.69, 9.17) is 21.8 Å². The molecule has 2 N–H and O–H groups in total. The summed E-state index contributed by atoms with van der Waals surface area (Å²) in [5.74, 6) is -1.67. The van der Waals surface area contributed by atoms with E-state index in [-0.39, 0.29) is 31.8 Å². The molecule has 2 aromatic heterocycles. The molecule has 0 spiro atoms. The number of aromatic nitrogens is 1. The molecule has 1 aromatic carbocycles. The average molecular weight is 432 g/mol. The minimum absolute atomic E-state index is 0.0449. The van der Waals surface area contributed by atoms with Crippen LogP contribution in [-0.4, -0.2) is 34.8 Å². The second-order valence-electron chi connectivity index (χ2n) is 7.24. The van der Waals surface area contributed by atoms with Crippen molar-refractivity contribution in [2.45, 2.75) is 25.3 Å². The lowest BCUT2D eigenvalue weighted by Gasteiger charge is -2.31. The van der Waals surface area contributed by atoms with Crippen LogP contribution in [0.3, 0.4) is 0 Å². The van der Waals surface area contributed by atoms with Gasteiger partial charge in [0.2, 0.25) is 0 Å². The van der Waals surface area contributed by atoms with Gasteiger partial charge in [-0.1, -0.05) is 17.7 Å². The van der Waals surface area contributed by atoms with Crippen molar-refractivity contribution in [1.82, 2.24) is 9.88 Å². The number of carbonyl (C=O) groups excluding carboxylic acids is 1. The van der Waals surface area contributed by atoms with Crippen molar-refractivity contribution in [3.8, 4) is 22.6 Å². The highest BCUT2D eigenvalue weighted by molar-refractivity contribution is 6.33. The van der Waals surface area contributed by atoms with Gasteiger partial charge in [-0.25, -0.2) is 8.78 Å². The first-order valence-electron chi connectivity index (χ1n) is 9.58. The fourth-order valence-corrected chi connectivity index (χ4v) is 3.69. The van der Waals surface area contributed by atoms with Crippen LogP contribution in [0.15, 0.2) is 53.1 Å². The highest BCUT2D eigenvalue weighted by atomic mass is 35.5. The summed E-state index contributed by atoms with van der Waals surface area (Å²) >= 11 is 6.43. The Labute approximate surface area is 177 Å². The van der Waals surface area contributed by atoms with E-state index in [1.165, 1.54) is 11.1 Å². The standard InChI is InChI=1S/C22H20ClF2N3O2/c23-18-11-14(1-4-17(18)20-6-3-16(12-26)30-20)19-5-2-15(13-27-19)21(29)28-9-7-22(24,25)8-10-28/h1-6,11,13H,7-10,12,26H2. The summed E-state index contributed by atoms with van der Waals surface area (Å²) in [6.45, 7) is 0.400. The van der Waals surface area contributed by atoms with E-state index in [1.54, 1.807) is 24.3 Å². The first-order valence-corrected chi connectivity index (χ1v) is 9.96. The zero-order valence-corrected chi connectivity index (χ0v) is 16.8. The molecule has 4 rings (SSSR count). The van der Waals surface area contributed by atoms with Crippen molar-refractivity contribution < 1.29 is 18.0 Å². The molecule has 30 heavy (non-hydrogen) atoms. The molecule has 0 atom stereocenters. The van der Waals surface area contributed by atoms with Gasteiger partial charge in [0.05, 0.1) is 22.8 Å². The SMILES string of the molecule is NCc1ccc(-c2ccc(-c3ccc(C(=O)N4CCC(F)(F)CC4)cn3)cc2Cl)o1. The number of nitrogens with zero attached hydrogens (tertiary/aromatic N) is 2. The third-order valence-electron chi connectivity index (χ3n) is 5.19. The number of rotatable bonds is 4. The summed E-state index contributed by atoms with van der Waals surface area (Å²) < 4.78 is 32.2. The van der Waals surface area contributed by atoms with Crippen molar-refractivity contribution in [3.05, 3.63) is 65.0 Å². The fraction of sp³-hybridized carbons (Fsp3) is 0.273. The number of hydrogen-bond donors (Lipinski definition) is 1. The first kappa shape index (κ1) is 20.5. The minimum Gasteiger partial charge on any atom is -0.460 e. The number of halogens is 3. The number of carbonyl (C=O) groups is 1. The zero-order chi connectivity index (χ0) is 21.3. The molecule has 0 radical (unpaired) electrons. The Morgan fingerprint density at radius 2 is 1.93 bits per heavy atom. The molecule has 1 fully saturated rings. The number of nitrogens with two attached hydrogens (primary N) is 1. The normalized spacial score (nSPS) is 15.9. The van der Waals surface area contributed by atoms with Gasteiger partial charge in [-0.05, 0) is 36.4 Å². The van der Waals surface area contributed by atoms with Crippen LogP contribution in [0.4, 0.5) is 8.78 Å². The second-order valence-corrected chi connectivity index (χ2v) is 7.65. The lowest BCUT2D eigenvalue weighted by atomic mass is 10.0. The van der Waals surface area contributed by atoms with E-state index in [2.05, 4.69) is 4.98 Å². The Hall–Kier alpha value is -2.77. The van der Waals surface area contributed by atoms with E-state index in [0.29, 0.717) is 34.3 Å². The van der Waals surface area contributed by atoms with Crippen molar-refractivity contribution in [2.75, 3.05) is 13.1 Å². The van der Waals surface area contributed by atoms with Gasteiger partial charge in [0.15, 0.2) is 0 Å². The average Bonchev–Trinajstić information content (AvgIpc) is 3.22. The Morgan fingerprint density at radius 1 is 1.17 bits per heavy atom. The van der Waals surface area contributed by atoms with Crippen LogP contribution in [0.5, 0.6) is 0 Å². The number of amides is 1. The van der Waals surface area contributed by atoms with E-state index >= 15 is 0 Å². The molecule has 5 nitrogen and oxygen atoms in total. The van der Waals surface area contributed by atoms with Crippen molar-refractivity contribution in [2.24, 2.45) is 5.73 Å². The molecule has 0 unspecified atom stereocenters. The number of hydrogen-bond acceptors (Lipinski definition) is 4. The topological polar surface area (TPSA) is 72.4 Å². The van der Waals surface area contributed by atoms with Gasteiger partial charge < -0.3 is 15.1 Å². The zero-order valence-electron chi connectivity index (χ0n) is 16.1. The molecule has 0 saturated carbocycles. The van der Waals surface area contributed by atoms with Crippen molar-refractivity contribution in [3.63, 3.8) is 0 Å². The van der Waals surface area contributed by atoms with Crippen LogP contribution >= 0.6 is 11.6 Å². The maximum absolute atomic E-state index is 13.3. The summed E-state index contributed by atoms with van der Waals surface area (Å²) in [6.07, 6.45) is 0.849. The van der Waals surface area contributed by atoms with E-state index in [0.717, 1.165) is 11.1 Å². The second kappa shape index (κ2) is 8.16. The molecule has 156 valence electrons. The third kappa shape index (κ3) is 4.22. The quantitative estimate of drug-likeness (QED) is 0.631. The Kier molecular flexibility index (Phi) is 5.58. The smallest absolute Gasteiger partial charge is 0.255 e. The van der Waals surface area contributed by atoms with E-state index in [9.17, 15) is 13.6 Å². The van der Waals surface area contributed by atoms with Gasteiger partial charge in [-0.3, -0.25) is 9.78 Å². The van der Waals surface area contributed by atoms with Gasteiger partial charge in [-0.15, -0.1) is 0 Å². The predicted octanol–water partition coefficient (Wildman–Crippen LogP) is 4.99. The molecule has 3 heterocycles. The fourth-order valence-electron chi connectivity index (χ4n) is 3.42. The number of pyridine rings is 1. The molecular weight excluding hydrogens is 412 g/mol. The Morgan fingerprint density at radius 3 is 2.53 bits per heavy atom. The van der Waals surface area contributed by atoms with E-state index in [1.807, 2.05) is 18.2 Å². The molecule has 0 aliphatic carbocycles. The largest absolute Gasteiger partial charge is 0.460 e. The highest BCUT2D eigenvalue weighted by Crippen LogP contribution is 2.33. The number of alkyl halides is 2. The van der Waals surface area contributed by atoms with Gasteiger partial charge in [-0.2, -0.15) is 0 Å². The van der Waals surface area contributed by atoms with Crippen molar-refractivity contribution in [1.29, 1.82) is 0 Å². The summed E-state index contributed by atoms with van der Waals surface area (Å²) in [4.78, 5) is 18.3. The summed E-state index contributed by atoms with van der Waals surface area (Å²) in [7, 11) is 0. The lowest BCUT2D eigenvalue weighted by Crippen LogP contribution is -2.42. The number of furan rings is 1. The summed E-state index contributed by atoms with van der Waals surface area (Å²) in [5.41, 5.74) is 8.12. The number of likely N-dealkylation sites (tertiary alicyclic amines) is 1. The summed E-state index contributed by atoms with van der Waals surface area (Å²) in [6, 6.07) is 12.5. The Balaban J connectivity index is 1.50. The van der Waals surface area contributed by atoms with Crippen LogP contribution in [0.25, 0.3) is 22.6 Å². The first-order chi connectivity index (χ1) is 14.4. The summed E-state index contributed by atoms with van der Waals surface area (Å²) in [5, 5.41) is 0.501. The maximum atomic E-state index is 13.3. The molecular formula is C22H20ClF2N3O2. The van der Waals surface area contributed by atoms with Crippen LogP contribution in [-0.2, 0) is 6.54 Å². The molecule has 1 amide bonds. The minimum atomic E-state index is -2.69. The van der Waals surface area contributed by atoms with Crippen molar-refractivity contribution >= 4 is 17.5 Å². The van der Waals surface area contributed by atoms with Gasteiger partial charge in [0, 0.05) is 43.3 Å². The van der Waals surface area contributed by atoms with Crippen LogP contribution in [0.1, 0.15) is 29.0 Å². The molecule has 1 aliphatic rings. The molecule has 3 aromatic rings. The maximum Gasteiger partial charge on any atom is 0.255 e. The van der Waals surface area contributed by atoms with E-state index < -0.39 is 5.92 Å². The monoisotopic (exact) mass is 431 g/mol. The predicted molar refractivity (Wildman–Crippen MR) is 110 cm³/mol. The van der Waals surface area contributed by atoms with Gasteiger partial charge >= 0.3 is 0 Å². The third-order valence-corrected chi connectivity index (χ3v) is 5.50. The van der Waals surface area contributed by atoms with Crippen LogP contribution < -0.4 is 5.73 Å². The molecule has 0 bridgehead atoms. The molecule has 1 aliphatic heterocycles. The molecule has 1 saturated heterocycles. The highest BCUT2D eigenvalue weighted by Gasteiger charge is 2.35. The molecule has 8 heteroatoms.